The van der Waals surface area contributed by atoms with Gasteiger partial charge in [0, 0.05) is 5.39 Å². The van der Waals surface area contributed by atoms with Crippen molar-refractivity contribution in [1.82, 2.24) is 9.97 Å². The van der Waals surface area contributed by atoms with Crippen LogP contribution in [-0.2, 0) is 17.6 Å². The fourth-order valence-electron chi connectivity index (χ4n) is 3.84. The highest BCUT2D eigenvalue weighted by molar-refractivity contribution is 8.00. The molecule has 1 aliphatic heterocycles. The normalized spacial score (nSPS) is 12.9. The number of fused-ring (bicyclic) bond motifs is 3. The molecule has 0 fully saturated rings. The van der Waals surface area contributed by atoms with Crippen LogP contribution in [-0.4, -0.2) is 21.6 Å². The molecule has 4 nitrogen and oxygen atoms in total. The Morgan fingerprint density at radius 1 is 0.828 bits per heavy atom. The van der Waals surface area contributed by atoms with E-state index in [0.717, 1.165) is 40.1 Å². The van der Waals surface area contributed by atoms with Gasteiger partial charge in [-0.05, 0) is 42.2 Å². The Balaban J connectivity index is 1.49. The molecule has 0 N–H and O–H groups in total. The van der Waals surface area contributed by atoms with Crippen LogP contribution < -0.4 is 4.90 Å². The van der Waals surface area contributed by atoms with Crippen molar-refractivity contribution in [2.45, 2.75) is 17.9 Å². The SMILES string of the molecule is O=C(CSc1ncnc2ccccc12)N1c2ccccc2CCc2ccccc21. The molecule has 29 heavy (non-hydrogen) atoms. The van der Waals surface area contributed by atoms with Crippen LogP contribution in [0.1, 0.15) is 11.1 Å². The first kappa shape index (κ1) is 17.9. The van der Waals surface area contributed by atoms with Crippen LogP contribution in [0.15, 0.2) is 84.1 Å². The number of anilines is 2. The summed E-state index contributed by atoms with van der Waals surface area (Å²) in [6.45, 7) is 0. The minimum atomic E-state index is 0.0551. The molecule has 0 bridgehead atoms. The second kappa shape index (κ2) is 7.68. The third kappa shape index (κ3) is 3.38. The first-order valence-electron chi connectivity index (χ1n) is 9.62. The summed E-state index contributed by atoms with van der Waals surface area (Å²) in [6, 6.07) is 24.3. The number of amides is 1. The van der Waals surface area contributed by atoms with E-state index in [1.54, 1.807) is 6.33 Å². The molecular formula is C24H19N3OS. The van der Waals surface area contributed by atoms with E-state index < -0.39 is 0 Å². The first-order chi connectivity index (χ1) is 14.3. The molecule has 0 aliphatic carbocycles. The maximum absolute atomic E-state index is 13.4. The van der Waals surface area contributed by atoms with E-state index >= 15 is 0 Å². The number of aryl methyl sites for hydroxylation is 2. The van der Waals surface area contributed by atoms with E-state index in [-0.39, 0.29) is 5.91 Å². The highest BCUT2D eigenvalue weighted by Crippen LogP contribution is 2.37. The van der Waals surface area contributed by atoms with E-state index in [9.17, 15) is 4.79 Å². The van der Waals surface area contributed by atoms with Crippen molar-refractivity contribution in [3.63, 3.8) is 0 Å². The van der Waals surface area contributed by atoms with Crippen LogP contribution in [0, 0.1) is 0 Å². The van der Waals surface area contributed by atoms with Crippen LogP contribution in [0.25, 0.3) is 10.9 Å². The Kier molecular flexibility index (Phi) is 4.74. The van der Waals surface area contributed by atoms with Gasteiger partial charge in [-0.25, -0.2) is 9.97 Å². The van der Waals surface area contributed by atoms with Crippen molar-refractivity contribution in [3.05, 3.63) is 90.3 Å². The number of hydrogen-bond acceptors (Lipinski definition) is 4. The van der Waals surface area contributed by atoms with Crippen LogP contribution in [0.2, 0.25) is 0 Å². The van der Waals surface area contributed by atoms with Gasteiger partial charge >= 0.3 is 0 Å². The molecule has 4 aromatic rings. The van der Waals surface area contributed by atoms with E-state index in [4.69, 9.17) is 0 Å². The van der Waals surface area contributed by atoms with Crippen LogP contribution in [0.4, 0.5) is 11.4 Å². The van der Waals surface area contributed by atoms with Gasteiger partial charge in [0.05, 0.1) is 22.6 Å². The van der Waals surface area contributed by atoms with E-state index in [2.05, 4.69) is 22.1 Å². The van der Waals surface area contributed by atoms with Crippen molar-refractivity contribution in [2.24, 2.45) is 0 Å². The summed E-state index contributed by atoms with van der Waals surface area (Å²) in [4.78, 5) is 24.1. The largest absolute Gasteiger partial charge is 0.280 e. The Morgan fingerprint density at radius 2 is 1.45 bits per heavy atom. The lowest BCUT2D eigenvalue weighted by Crippen LogP contribution is -2.28. The summed E-state index contributed by atoms with van der Waals surface area (Å²) in [5.41, 5.74) is 5.26. The topological polar surface area (TPSA) is 46.1 Å². The monoisotopic (exact) mass is 397 g/mol. The summed E-state index contributed by atoms with van der Waals surface area (Å²) in [7, 11) is 0. The molecule has 0 unspecified atom stereocenters. The fraction of sp³-hybridized carbons (Fsp3) is 0.125. The Hall–Kier alpha value is -3.18. The zero-order valence-electron chi connectivity index (χ0n) is 15.8. The number of nitrogens with zero attached hydrogens (tertiary/aromatic N) is 3. The van der Waals surface area contributed by atoms with Gasteiger partial charge in [0.2, 0.25) is 5.91 Å². The number of para-hydroxylation sites is 3. The number of thioether (sulfide) groups is 1. The maximum Gasteiger partial charge on any atom is 0.241 e. The lowest BCUT2D eigenvalue weighted by Gasteiger charge is -2.25. The number of benzene rings is 3. The Bertz CT molecular complexity index is 1150. The molecule has 2 heterocycles. The fourth-order valence-corrected chi connectivity index (χ4v) is 4.68. The van der Waals surface area contributed by atoms with Crippen molar-refractivity contribution in [2.75, 3.05) is 10.7 Å². The molecule has 0 saturated carbocycles. The molecule has 142 valence electrons. The number of carbonyl (C=O) groups is 1. The third-order valence-corrected chi connectivity index (χ3v) is 6.21. The number of rotatable bonds is 3. The lowest BCUT2D eigenvalue weighted by molar-refractivity contribution is -0.115. The summed E-state index contributed by atoms with van der Waals surface area (Å²) < 4.78 is 0. The molecule has 5 rings (SSSR count). The quantitative estimate of drug-likeness (QED) is 0.353. The number of aromatic nitrogens is 2. The van der Waals surface area contributed by atoms with Gasteiger partial charge in [0.15, 0.2) is 0 Å². The third-order valence-electron chi connectivity index (χ3n) is 5.22. The number of carbonyl (C=O) groups excluding carboxylic acids is 1. The molecule has 1 amide bonds. The lowest BCUT2D eigenvalue weighted by atomic mass is 10.0. The predicted octanol–water partition coefficient (Wildman–Crippen LogP) is 5.19. The van der Waals surface area contributed by atoms with Crippen molar-refractivity contribution < 1.29 is 4.79 Å². The van der Waals surface area contributed by atoms with Gasteiger partial charge in [-0.1, -0.05) is 66.4 Å². The Labute approximate surface area is 173 Å². The van der Waals surface area contributed by atoms with Crippen molar-refractivity contribution in [3.8, 4) is 0 Å². The molecule has 1 aromatic heterocycles. The molecule has 5 heteroatoms. The second-order valence-corrected chi connectivity index (χ2v) is 7.94. The molecule has 3 aromatic carbocycles. The smallest absolute Gasteiger partial charge is 0.241 e. The average Bonchev–Trinajstić information content (AvgIpc) is 2.94. The molecule has 0 atom stereocenters. The van der Waals surface area contributed by atoms with Gasteiger partial charge in [-0.3, -0.25) is 9.69 Å². The standard InChI is InChI=1S/C24H19N3OS/c28-23(15-29-24-19-9-3-4-10-20(19)25-16-26-24)27-21-11-5-1-7-17(21)13-14-18-8-2-6-12-22(18)27/h1-12,16H,13-15H2. The van der Waals surface area contributed by atoms with Crippen molar-refractivity contribution >= 4 is 39.9 Å². The van der Waals surface area contributed by atoms with Crippen LogP contribution in [0.3, 0.4) is 0 Å². The van der Waals surface area contributed by atoms with Gasteiger partial charge in [-0.15, -0.1) is 0 Å². The summed E-state index contributed by atoms with van der Waals surface area (Å²) in [5.74, 6) is 0.364. The summed E-state index contributed by atoms with van der Waals surface area (Å²) in [6.07, 6.45) is 3.42. The molecule has 0 saturated heterocycles. The van der Waals surface area contributed by atoms with Crippen LogP contribution in [0.5, 0.6) is 0 Å². The highest BCUT2D eigenvalue weighted by atomic mass is 32.2. The van der Waals surface area contributed by atoms with Gasteiger partial charge in [-0.2, -0.15) is 0 Å². The highest BCUT2D eigenvalue weighted by Gasteiger charge is 2.25. The number of hydrogen-bond donors (Lipinski definition) is 0. The summed E-state index contributed by atoms with van der Waals surface area (Å²) in [5, 5.41) is 1.81. The summed E-state index contributed by atoms with van der Waals surface area (Å²) >= 11 is 1.47. The van der Waals surface area contributed by atoms with Crippen molar-refractivity contribution in [1.29, 1.82) is 0 Å². The minimum Gasteiger partial charge on any atom is -0.280 e. The maximum atomic E-state index is 13.4. The minimum absolute atomic E-state index is 0.0551. The van der Waals surface area contributed by atoms with Crippen LogP contribution >= 0.6 is 11.8 Å². The van der Waals surface area contributed by atoms with Gasteiger partial charge in [0.1, 0.15) is 11.4 Å². The molecular weight excluding hydrogens is 378 g/mol. The van der Waals surface area contributed by atoms with Gasteiger partial charge < -0.3 is 0 Å². The average molecular weight is 398 g/mol. The molecule has 1 aliphatic rings. The Morgan fingerprint density at radius 3 is 2.17 bits per heavy atom. The first-order valence-corrected chi connectivity index (χ1v) is 10.6. The van der Waals surface area contributed by atoms with Gasteiger partial charge in [0.25, 0.3) is 0 Å². The second-order valence-electron chi connectivity index (χ2n) is 6.97. The van der Waals surface area contributed by atoms with E-state index in [1.807, 2.05) is 65.6 Å². The molecule has 0 radical (unpaired) electrons. The van der Waals surface area contributed by atoms with E-state index in [0.29, 0.717) is 5.75 Å². The zero-order valence-corrected chi connectivity index (χ0v) is 16.6. The zero-order chi connectivity index (χ0) is 19.6. The van der Waals surface area contributed by atoms with E-state index in [1.165, 1.54) is 22.9 Å². The predicted molar refractivity (Wildman–Crippen MR) is 118 cm³/mol. The molecule has 0 spiro atoms.